The van der Waals surface area contributed by atoms with Gasteiger partial charge in [-0.2, -0.15) is 0 Å². The summed E-state index contributed by atoms with van der Waals surface area (Å²) in [5.74, 6) is 0.668. The Balaban J connectivity index is 1.85. The Morgan fingerprint density at radius 2 is 1.74 bits per heavy atom. The maximum Gasteiger partial charge on any atom is 0.341 e. The van der Waals surface area contributed by atoms with Crippen molar-refractivity contribution in [1.82, 2.24) is 0 Å². The molecule has 31 heavy (non-hydrogen) atoms. The van der Waals surface area contributed by atoms with Crippen LogP contribution in [0.15, 0.2) is 42.5 Å². The molecule has 166 valence electrons. The van der Waals surface area contributed by atoms with Crippen molar-refractivity contribution in [3.05, 3.63) is 53.6 Å². The molecule has 1 aliphatic rings. The zero-order chi connectivity index (χ0) is 22.3. The molecule has 1 amide bonds. The second kappa shape index (κ2) is 10.3. The summed E-state index contributed by atoms with van der Waals surface area (Å²) in [6.07, 6.45) is 5.45. The number of carbonyl (C=O) groups is 2. The molecule has 3 rings (SSSR count). The first-order valence-corrected chi connectivity index (χ1v) is 10.8. The Hall–Kier alpha value is -3.02. The minimum absolute atomic E-state index is 0.0642. The highest BCUT2D eigenvalue weighted by molar-refractivity contribution is 6.01. The van der Waals surface area contributed by atoms with Crippen molar-refractivity contribution in [2.45, 2.75) is 50.9 Å². The van der Waals surface area contributed by atoms with Gasteiger partial charge in [-0.05, 0) is 55.2 Å². The summed E-state index contributed by atoms with van der Waals surface area (Å²) in [5, 5.41) is 3.03. The lowest BCUT2D eigenvalue weighted by Crippen LogP contribution is -2.38. The Bertz CT molecular complexity index is 901. The van der Waals surface area contributed by atoms with Gasteiger partial charge >= 0.3 is 5.97 Å². The number of rotatable bonds is 9. The summed E-state index contributed by atoms with van der Waals surface area (Å²) in [5.41, 5.74) is 1.25. The van der Waals surface area contributed by atoms with Crippen LogP contribution in [0.4, 0.5) is 5.69 Å². The number of carbonyl (C=O) groups excluding carboxylic acids is 2. The molecule has 0 unspecified atom stereocenters. The second-order valence-electron chi connectivity index (χ2n) is 7.88. The van der Waals surface area contributed by atoms with Crippen LogP contribution in [0, 0.1) is 0 Å². The topological polar surface area (TPSA) is 73.9 Å². The number of ether oxygens (including phenoxy) is 3. The van der Waals surface area contributed by atoms with Crippen LogP contribution in [-0.2, 0) is 14.9 Å². The molecule has 2 aromatic carbocycles. The molecule has 6 nitrogen and oxygen atoms in total. The third-order valence-electron chi connectivity index (χ3n) is 5.93. The van der Waals surface area contributed by atoms with Crippen LogP contribution in [0.3, 0.4) is 0 Å². The molecule has 1 aliphatic carbocycles. The van der Waals surface area contributed by atoms with E-state index in [4.69, 9.17) is 14.2 Å². The lowest BCUT2D eigenvalue weighted by Gasteiger charge is -2.28. The van der Waals surface area contributed by atoms with Crippen molar-refractivity contribution in [3.8, 4) is 11.5 Å². The summed E-state index contributed by atoms with van der Waals surface area (Å²) in [6.45, 7) is 2.59. The second-order valence-corrected chi connectivity index (χ2v) is 7.88. The number of anilines is 1. The molecular weight excluding hydrogens is 394 g/mol. The number of amides is 1. The lowest BCUT2D eigenvalue weighted by atomic mass is 9.78. The van der Waals surface area contributed by atoms with Crippen molar-refractivity contribution < 1.29 is 23.8 Å². The van der Waals surface area contributed by atoms with Gasteiger partial charge in [0.05, 0.1) is 26.2 Å². The van der Waals surface area contributed by atoms with E-state index in [9.17, 15) is 9.59 Å². The highest BCUT2D eigenvalue weighted by Gasteiger charge is 2.42. The minimum atomic E-state index is -0.589. The molecule has 1 saturated carbocycles. The Kier molecular flexibility index (Phi) is 7.55. The summed E-state index contributed by atoms with van der Waals surface area (Å²) >= 11 is 0. The van der Waals surface area contributed by atoms with E-state index in [1.807, 2.05) is 24.3 Å². The van der Waals surface area contributed by atoms with E-state index in [2.05, 4.69) is 12.2 Å². The van der Waals surface area contributed by atoms with Gasteiger partial charge in [-0.3, -0.25) is 4.79 Å². The van der Waals surface area contributed by atoms with Gasteiger partial charge < -0.3 is 19.5 Å². The fourth-order valence-corrected chi connectivity index (χ4v) is 4.12. The highest BCUT2D eigenvalue weighted by Crippen LogP contribution is 2.42. The zero-order valence-electron chi connectivity index (χ0n) is 18.5. The molecule has 1 fully saturated rings. The number of hydrogen-bond donors (Lipinski definition) is 1. The number of methoxy groups -OCH3 is 2. The normalized spacial score (nSPS) is 14.7. The van der Waals surface area contributed by atoms with Crippen LogP contribution in [0.2, 0.25) is 0 Å². The molecule has 0 atom stereocenters. The van der Waals surface area contributed by atoms with Gasteiger partial charge in [0, 0.05) is 5.69 Å². The third kappa shape index (κ3) is 5.01. The predicted octanol–water partition coefficient (Wildman–Crippen LogP) is 5.11. The molecule has 0 aromatic heterocycles. The van der Waals surface area contributed by atoms with Crippen LogP contribution >= 0.6 is 0 Å². The Morgan fingerprint density at radius 1 is 1.03 bits per heavy atom. The largest absolute Gasteiger partial charge is 0.497 e. The predicted molar refractivity (Wildman–Crippen MR) is 120 cm³/mol. The molecule has 6 heteroatoms. The van der Waals surface area contributed by atoms with Crippen molar-refractivity contribution in [1.29, 1.82) is 0 Å². The molecule has 2 aromatic rings. The van der Waals surface area contributed by atoms with Crippen molar-refractivity contribution in [2.24, 2.45) is 0 Å². The SMILES string of the molecule is CCCCOc1ccc(NC(=O)C2(c3ccc(OC)cc3)CCCC2)cc1C(=O)OC. The maximum atomic E-state index is 13.4. The molecule has 0 heterocycles. The van der Waals surface area contributed by atoms with Gasteiger partial charge in [-0.25, -0.2) is 4.79 Å². The molecule has 0 radical (unpaired) electrons. The molecule has 0 aliphatic heterocycles. The van der Waals surface area contributed by atoms with E-state index in [1.165, 1.54) is 7.11 Å². The first-order valence-electron chi connectivity index (χ1n) is 10.8. The quantitative estimate of drug-likeness (QED) is 0.446. The van der Waals surface area contributed by atoms with Crippen LogP contribution in [0.25, 0.3) is 0 Å². The summed E-state index contributed by atoms with van der Waals surface area (Å²) in [4.78, 5) is 25.7. The van der Waals surface area contributed by atoms with Crippen molar-refractivity contribution >= 4 is 17.6 Å². The molecule has 0 saturated heterocycles. The van der Waals surface area contributed by atoms with Gasteiger partial charge in [0.15, 0.2) is 0 Å². The van der Waals surface area contributed by atoms with Crippen LogP contribution in [0.5, 0.6) is 11.5 Å². The summed E-state index contributed by atoms with van der Waals surface area (Å²) < 4.78 is 15.9. The van der Waals surface area contributed by atoms with E-state index in [-0.39, 0.29) is 5.91 Å². The van der Waals surface area contributed by atoms with E-state index >= 15 is 0 Å². The van der Waals surface area contributed by atoms with Crippen LogP contribution in [-0.4, -0.2) is 32.7 Å². The van der Waals surface area contributed by atoms with E-state index in [0.29, 0.717) is 23.6 Å². The number of benzene rings is 2. The van der Waals surface area contributed by atoms with E-state index < -0.39 is 11.4 Å². The van der Waals surface area contributed by atoms with Crippen molar-refractivity contribution in [2.75, 3.05) is 26.1 Å². The monoisotopic (exact) mass is 425 g/mol. The summed E-state index contributed by atoms with van der Waals surface area (Å²) in [6, 6.07) is 12.8. The minimum Gasteiger partial charge on any atom is -0.497 e. The summed E-state index contributed by atoms with van der Waals surface area (Å²) in [7, 11) is 2.96. The van der Waals surface area contributed by atoms with Gasteiger partial charge in [-0.15, -0.1) is 0 Å². The molecule has 1 N–H and O–H groups in total. The van der Waals surface area contributed by atoms with E-state index in [1.54, 1.807) is 25.3 Å². The molecular formula is C25H31NO5. The number of hydrogen-bond acceptors (Lipinski definition) is 5. The fraction of sp³-hybridized carbons (Fsp3) is 0.440. The number of esters is 1. The van der Waals surface area contributed by atoms with E-state index in [0.717, 1.165) is 49.8 Å². The number of unbranched alkanes of at least 4 members (excludes halogenated alkanes) is 1. The van der Waals surface area contributed by atoms with Gasteiger partial charge in [-0.1, -0.05) is 38.3 Å². The maximum absolute atomic E-state index is 13.4. The third-order valence-corrected chi connectivity index (χ3v) is 5.93. The zero-order valence-corrected chi connectivity index (χ0v) is 18.5. The van der Waals surface area contributed by atoms with Crippen LogP contribution < -0.4 is 14.8 Å². The average Bonchev–Trinajstić information content (AvgIpc) is 3.31. The van der Waals surface area contributed by atoms with Crippen LogP contribution in [0.1, 0.15) is 61.4 Å². The molecule has 0 spiro atoms. The lowest BCUT2D eigenvalue weighted by molar-refractivity contribution is -0.121. The first-order chi connectivity index (χ1) is 15.0. The first kappa shape index (κ1) is 22.7. The Morgan fingerprint density at radius 3 is 2.35 bits per heavy atom. The van der Waals surface area contributed by atoms with Gasteiger partial charge in [0.2, 0.25) is 5.91 Å². The standard InChI is InChI=1S/C25H31NO5/c1-4-5-16-31-22-13-10-19(17-21(22)23(27)30-3)26-24(28)25(14-6-7-15-25)18-8-11-20(29-2)12-9-18/h8-13,17H,4-7,14-16H2,1-3H3,(H,26,28). The smallest absolute Gasteiger partial charge is 0.341 e. The molecule has 0 bridgehead atoms. The van der Waals surface area contributed by atoms with Gasteiger partial charge in [0.1, 0.15) is 17.1 Å². The average molecular weight is 426 g/mol. The number of nitrogens with one attached hydrogen (secondary N) is 1. The van der Waals surface area contributed by atoms with Crippen molar-refractivity contribution in [3.63, 3.8) is 0 Å². The van der Waals surface area contributed by atoms with Gasteiger partial charge in [0.25, 0.3) is 0 Å². The Labute approximate surface area is 183 Å². The fourth-order valence-electron chi connectivity index (χ4n) is 4.12. The highest BCUT2D eigenvalue weighted by atomic mass is 16.5.